The minimum Gasteiger partial charge on any atom is -0.290 e. The van der Waals surface area contributed by atoms with Crippen molar-refractivity contribution in [2.45, 2.75) is 31.8 Å². The van der Waals surface area contributed by atoms with Crippen LogP contribution in [0.25, 0.3) is 17.0 Å². The van der Waals surface area contributed by atoms with E-state index in [1.165, 1.54) is 28.6 Å². The largest absolute Gasteiger partial charge is 0.433 e. The van der Waals surface area contributed by atoms with E-state index in [0.717, 1.165) is 12.4 Å². The molecule has 3 heterocycles. The molecule has 0 aromatic carbocycles. The number of amides is 1. The first kappa shape index (κ1) is 23.2. The molecule has 0 saturated heterocycles. The Bertz CT molecular complexity index is 1240. The van der Waals surface area contributed by atoms with E-state index in [0.29, 0.717) is 22.0 Å². The standard InChI is InChI=1S/C19H20F3N5O2S2/c1-4-30-14-7-12(18(28)26-31(29,5-2)6-3)9-23-17(14)13-10-27-11-24-15(19(20,21)22)8-16(27)25-13/h7-11H,4-6H2,1-3H3. The van der Waals surface area contributed by atoms with Gasteiger partial charge in [-0.05, 0) is 11.8 Å². The minimum atomic E-state index is -4.57. The predicted octanol–water partition coefficient (Wildman–Crippen LogP) is 4.57. The van der Waals surface area contributed by atoms with Crippen LogP contribution in [0.3, 0.4) is 0 Å². The highest BCUT2D eigenvalue weighted by Crippen LogP contribution is 2.32. The quantitative estimate of drug-likeness (QED) is 0.489. The number of hydrogen-bond donors (Lipinski definition) is 0. The molecule has 0 aliphatic carbocycles. The topological polar surface area (TPSA) is 89.6 Å². The third-order valence-electron chi connectivity index (χ3n) is 4.43. The number of hydrogen-bond acceptors (Lipinski definition) is 6. The number of halogens is 3. The molecular formula is C19H20F3N5O2S2. The van der Waals surface area contributed by atoms with E-state index in [2.05, 4.69) is 19.3 Å². The summed E-state index contributed by atoms with van der Waals surface area (Å²) in [5.41, 5.74) is 0.00374. The van der Waals surface area contributed by atoms with E-state index in [4.69, 9.17) is 0 Å². The van der Waals surface area contributed by atoms with Crippen LogP contribution >= 0.6 is 11.8 Å². The van der Waals surface area contributed by atoms with Gasteiger partial charge in [0.15, 0.2) is 0 Å². The lowest BCUT2D eigenvalue weighted by Gasteiger charge is -2.08. The summed E-state index contributed by atoms with van der Waals surface area (Å²) in [4.78, 5) is 25.1. The first-order valence-electron chi connectivity index (χ1n) is 9.42. The van der Waals surface area contributed by atoms with Crippen molar-refractivity contribution in [3.63, 3.8) is 0 Å². The lowest BCUT2D eigenvalue weighted by atomic mass is 10.2. The number of aromatic nitrogens is 4. The summed E-state index contributed by atoms with van der Waals surface area (Å²) in [7, 11) is -2.61. The van der Waals surface area contributed by atoms with E-state index in [1.807, 2.05) is 6.92 Å². The summed E-state index contributed by atoms with van der Waals surface area (Å²) in [6.45, 7) is 5.34. The normalized spacial score (nSPS) is 12.3. The highest BCUT2D eigenvalue weighted by atomic mass is 32.2. The van der Waals surface area contributed by atoms with Gasteiger partial charge in [0.2, 0.25) is 0 Å². The number of alkyl halides is 3. The maximum atomic E-state index is 12.9. The number of thioether (sulfide) groups is 1. The monoisotopic (exact) mass is 471 g/mol. The molecule has 31 heavy (non-hydrogen) atoms. The number of fused-ring (bicyclic) bond motifs is 1. The zero-order valence-corrected chi connectivity index (χ0v) is 18.6. The van der Waals surface area contributed by atoms with Crippen LogP contribution in [0.4, 0.5) is 13.2 Å². The zero-order valence-electron chi connectivity index (χ0n) is 17.0. The molecule has 0 spiro atoms. The molecule has 0 fully saturated rings. The van der Waals surface area contributed by atoms with Gasteiger partial charge in [0.1, 0.15) is 29.1 Å². The van der Waals surface area contributed by atoms with Crippen molar-refractivity contribution in [1.29, 1.82) is 0 Å². The molecule has 0 aliphatic heterocycles. The van der Waals surface area contributed by atoms with Crippen molar-refractivity contribution in [2.24, 2.45) is 4.36 Å². The van der Waals surface area contributed by atoms with Gasteiger partial charge >= 0.3 is 6.18 Å². The molecule has 3 aromatic rings. The third kappa shape index (κ3) is 5.06. The Morgan fingerprint density at radius 2 is 1.90 bits per heavy atom. The molecule has 0 atom stereocenters. The Morgan fingerprint density at radius 3 is 2.52 bits per heavy atom. The number of carbonyl (C=O) groups is 1. The fraction of sp³-hybridized carbons (Fsp3) is 0.368. The molecule has 0 bridgehead atoms. The Labute approximate surface area is 181 Å². The van der Waals surface area contributed by atoms with Crippen LogP contribution in [0.5, 0.6) is 0 Å². The summed E-state index contributed by atoms with van der Waals surface area (Å²) in [6.07, 6.45) is -0.687. The van der Waals surface area contributed by atoms with Gasteiger partial charge in [-0.25, -0.2) is 14.2 Å². The highest BCUT2D eigenvalue weighted by molar-refractivity contribution is 7.99. The molecule has 12 heteroatoms. The Morgan fingerprint density at radius 1 is 1.19 bits per heavy atom. The van der Waals surface area contributed by atoms with Crippen LogP contribution in [-0.2, 0) is 15.9 Å². The van der Waals surface area contributed by atoms with E-state index in [9.17, 15) is 22.2 Å². The third-order valence-corrected chi connectivity index (χ3v) is 7.65. The molecule has 3 rings (SSSR count). The Balaban J connectivity index is 2.06. The second-order valence-corrected chi connectivity index (χ2v) is 10.6. The van der Waals surface area contributed by atoms with Crippen LogP contribution in [0.2, 0.25) is 0 Å². The number of rotatable bonds is 6. The summed E-state index contributed by atoms with van der Waals surface area (Å²) in [5, 5.41) is 0. The average Bonchev–Trinajstić information content (AvgIpc) is 3.16. The lowest BCUT2D eigenvalue weighted by Crippen LogP contribution is -2.10. The van der Waals surface area contributed by atoms with Gasteiger partial charge in [0, 0.05) is 34.9 Å². The van der Waals surface area contributed by atoms with Gasteiger partial charge in [0.05, 0.1) is 15.3 Å². The Kier molecular flexibility index (Phi) is 6.70. The van der Waals surface area contributed by atoms with E-state index in [-0.39, 0.29) is 22.7 Å². The number of pyridine rings is 1. The van der Waals surface area contributed by atoms with Crippen LogP contribution < -0.4 is 0 Å². The maximum Gasteiger partial charge on any atom is 0.433 e. The van der Waals surface area contributed by atoms with Crippen molar-refractivity contribution in [3.8, 4) is 11.4 Å². The maximum absolute atomic E-state index is 12.9. The van der Waals surface area contributed by atoms with Crippen molar-refractivity contribution in [2.75, 3.05) is 17.3 Å². The first-order valence-corrected chi connectivity index (χ1v) is 12.3. The summed E-state index contributed by atoms with van der Waals surface area (Å²) in [6, 6.07) is 2.45. The molecule has 7 nitrogen and oxygen atoms in total. The molecule has 3 aromatic heterocycles. The smallest absolute Gasteiger partial charge is 0.290 e. The van der Waals surface area contributed by atoms with Gasteiger partial charge in [-0.3, -0.25) is 14.2 Å². The average molecular weight is 472 g/mol. The van der Waals surface area contributed by atoms with Gasteiger partial charge in [0.25, 0.3) is 5.91 Å². The lowest BCUT2D eigenvalue weighted by molar-refractivity contribution is -0.141. The van der Waals surface area contributed by atoms with Crippen molar-refractivity contribution in [3.05, 3.63) is 42.1 Å². The minimum absolute atomic E-state index is 0.0763. The van der Waals surface area contributed by atoms with Crippen LogP contribution in [0.15, 0.2) is 40.1 Å². The van der Waals surface area contributed by atoms with Crippen molar-refractivity contribution >= 4 is 33.0 Å². The number of nitrogens with zero attached hydrogens (tertiary/aromatic N) is 5. The second-order valence-electron chi connectivity index (χ2n) is 6.41. The van der Waals surface area contributed by atoms with Gasteiger partial charge in [-0.1, -0.05) is 20.8 Å². The molecule has 0 unspecified atom stereocenters. The number of carbonyl (C=O) groups excluding carboxylic acids is 1. The van der Waals surface area contributed by atoms with Crippen molar-refractivity contribution < 1.29 is 22.2 Å². The van der Waals surface area contributed by atoms with Crippen molar-refractivity contribution in [1.82, 2.24) is 19.4 Å². The summed E-state index contributed by atoms with van der Waals surface area (Å²) < 4.78 is 56.5. The molecular weight excluding hydrogens is 451 g/mol. The molecule has 0 radical (unpaired) electrons. The van der Waals surface area contributed by atoms with E-state index < -0.39 is 27.5 Å². The van der Waals surface area contributed by atoms with Crippen LogP contribution in [0, 0.1) is 0 Å². The second kappa shape index (κ2) is 8.95. The predicted molar refractivity (Wildman–Crippen MR) is 114 cm³/mol. The summed E-state index contributed by atoms with van der Waals surface area (Å²) in [5.74, 6) is 0.593. The van der Waals surface area contributed by atoms with Gasteiger partial charge in [-0.15, -0.1) is 11.8 Å². The molecule has 1 amide bonds. The fourth-order valence-corrected chi connectivity index (χ4v) is 4.61. The van der Waals surface area contributed by atoms with Crippen LogP contribution in [0.1, 0.15) is 36.8 Å². The van der Waals surface area contributed by atoms with Gasteiger partial charge in [-0.2, -0.15) is 17.5 Å². The highest BCUT2D eigenvalue weighted by Gasteiger charge is 2.33. The molecule has 0 saturated carbocycles. The van der Waals surface area contributed by atoms with Gasteiger partial charge < -0.3 is 0 Å². The SMILES string of the molecule is CCSc1cc(C(=O)N=S(=O)(CC)CC)cnc1-c1cn2cnc(C(F)(F)F)cc2n1. The Hall–Kier alpha value is -2.47. The van der Waals surface area contributed by atoms with E-state index in [1.54, 1.807) is 19.9 Å². The fourth-order valence-electron chi connectivity index (χ4n) is 2.72. The first-order chi connectivity index (χ1) is 14.6. The number of imidazole rings is 1. The zero-order chi connectivity index (χ0) is 22.8. The molecule has 166 valence electrons. The summed E-state index contributed by atoms with van der Waals surface area (Å²) >= 11 is 1.40. The van der Waals surface area contributed by atoms with Crippen LogP contribution in [-0.4, -0.2) is 46.7 Å². The molecule has 0 aliphatic rings. The molecule has 0 N–H and O–H groups in total. The van der Waals surface area contributed by atoms with E-state index >= 15 is 0 Å².